The van der Waals surface area contributed by atoms with E-state index in [0.29, 0.717) is 18.7 Å². The SMILES string of the molecule is CC(C)n1cc(NC(=O)N2CCCCC2C(=O)O)cn1. The third-order valence-electron chi connectivity index (χ3n) is 3.43. The Balaban J connectivity index is 2.04. The molecule has 0 bridgehead atoms. The molecule has 0 saturated carbocycles. The first-order valence-electron chi connectivity index (χ1n) is 6.83. The fourth-order valence-corrected chi connectivity index (χ4v) is 2.31. The average Bonchev–Trinajstić information content (AvgIpc) is 2.87. The van der Waals surface area contributed by atoms with E-state index in [4.69, 9.17) is 5.11 Å². The number of nitrogens with zero attached hydrogens (tertiary/aromatic N) is 3. The van der Waals surface area contributed by atoms with Crippen LogP contribution in [0.3, 0.4) is 0 Å². The van der Waals surface area contributed by atoms with Crippen LogP contribution in [0.5, 0.6) is 0 Å². The smallest absolute Gasteiger partial charge is 0.326 e. The summed E-state index contributed by atoms with van der Waals surface area (Å²) in [6.07, 6.45) is 5.49. The van der Waals surface area contributed by atoms with Gasteiger partial charge in [0.25, 0.3) is 0 Å². The van der Waals surface area contributed by atoms with E-state index in [1.165, 1.54) is 4.90 Å². The first-order chi connectivity index (χ1) is 9.49. The maximum atomic E-state index is 12.2. The number of anilines is 1. The van der Waals surface area contributed by atoms with Crippen LogP contribution in [0.15, 0.2) is 12.4 Å². The second-order valence-corrected chi connectivity index (χ2v) is 5.28. The molecule has 1 aromatic rings. The van der Waals surface area contributed by atoms with Crippen LogP contribution in [0, 0.1) is 0 Å². The third kappa shape index (κ3) is 3.09. The predicted molar refractivity (Wildman–Crippen MR) is 73.6 cm³/mol. The quantitative estimate of drug-likeness (QED) is 0.885. The molecule has 1 fully saturated rings. The lowest BCUT2D eigenvalue weighted by Crippen LogP contribution is -2.49. The lowest BCUT2D eigenvalue weighted by atomic mass is 10.0. The molecule has 0 spiro atoms. The van der Waals surface area contributed by atoms with E-state index >= 15 is 0 Å². The highest BCUT2D eigenvalue weighted by Gasteiger charge is 2.32. The summed E-state index contributed by atoms with van der Waals surface area (Å²) in [5.41, 5.74) is 0.582. The maximum Gasteiger partial charge on any atom is 0.326 e. The molecular formula is C13H20N4O3. The predicted octanol–water partition coefficient (Wildman–Crippen LogP) is 1.94. The molecule has 7 nitrogen and oxygen atoms in total. The van der Waals surface area contributed by atoms with Crippen molar-refractivity contribution in [1.29, 1.82) is 0 Å². The van der Waals surface area contributed by atoms with Crippen molar-refractivity contribution >= 4 is 17.7 Å². The fourth-order valence-electron chi connectivity index (χ4n) is 2.31. The van der Waals surface area contributed by atoms with E-state index in [2.05, 4.69) is 10.4 Å². The van der Waals surface area contributed by atoms with Gasteiger partial charge < -0.3 is 15.3 Å². The van der Waals surface area contributed by atoms with Crippen molar-refractivity contribution in [3.63, 3.8) is 0 Å². The number of carbonyl (C=O) groups excluding carboxylic acids is 1. The number of nitrogens with one attached hydrogen (secondary N) is 1. The molecule has 1 aliphatic rings. The second-order valence-electron chi connectivity index (χ2n) is 5.28. The molecular weight excluding hydrogens is 260 g/mol. The Kier molecular flexibility index (Phi) is 4.26. The molecule has 1 aromatic heterocycles. The third-order valence-corrected chi connectivity index (χ3v) is 3.43. The summed E-state index contributed by atoms with van der Waals surface area (Å²) in [6, 6.07) is -0.897. The number of hydrogen-bond donors (Lipinski definition) is 2. The molecule has 110 valence electrons. The standard InChI is InChI=1S/C13H20N4O3/c1-9(2)17-8-10(7-14-17)15-13(20)16-6-4-3-5-11(16)12(18)19/h7-9,11H,3-6H2,1-2H3,(H,15,20)(H,18,19). The van der Waals surface area contributed by atoms with Crippen molar-refractivity contribution in [2.45, 2.75) is 45.2 Å². The van der Waals surface area contributed by atoms with E-state index in [9.17, 15) is 9.59 Å². The lowest BCUT2D eigenvalue weighted by Gasteiger charge is -2.32. The topological polar surface area (TPSA) is 87.5 Å². The van der Waals surface area contributed by atoms with Crippen LogP contribution in [0.25, 0.3) is 0 Å². The van der Waals surface area contributed by atoms with E-state index < -0.39 is 12.0 Å². The molecule has 2 heterocycles. The van der Waals surface area contributed by atoms with Crippen LogP contribution in [-0.4, -0.2) is 44.4 Å². The van der Waals surface area contributed by atoms with Gasteiger partial charge in [0.2, 0.25) is 0 Å². The maximum absolute atomic E-state index is 12.2. The van der Waals surface area contributed by atoms with Crippen LogP contribution in [0.1, 0.15) is 39.2 Å². The molecule has 0 radical (unpaired) electrons. The summed E-state index contributed by atoms with van der Waals surface area (Å²) in [7, 11) is 0. The Hall–Kier alpha value is -2.05. The number of piperidine rings is 1. The van der Waals surface area contributed by atoms with E-state index in [-0.39, 0.29) is 12.1 Å². The molecule has 0 aliphatic carbocycles. The summed E-state index contributed by atoms with van der Waals surface area (Å²) in [5.74, 6) is -0.947. The highest BCUT2D eigenvalue weighted by atomic mass is 16.4. The summed E-state index contributed by atoms with van der Waals surface area (Å²) >= 11 is 0. The van der Waals surface area contributed by atoms with Gasteiger partial charge in [0.15, 0.2) is 0 Å². The largest absolute Gasteiger partial charge is 0.480 e. The molecule has 0 aromatic carbocycles. The molecule has 1 aliphatic heterocycles. The number of carbonyl (C=O) groups is 2. The zero-order valence-corrected chi connectivity index (χ0v) is 11.7. The van der Waals surface area contributed by atoms with Crippen LogP contribution in [-0.2, 0) is 4.79 Å². The van der Waals surface area contributed by atoms with Crippen molar-refractivity contribution in [2.75, 3.05) is 11.9 Å². The van der Waals surface area contributed by atoms with Crippen LogP contribution in [0.4, 0.5) is 10.5 Å². The number of rotatable bonds is 3. The van der Waals surface area contributed by atoms with Gasteiger partial charge in [-0.05, 0) is 33.1 Å². The molecule has 20 heavy (non-hydrogen) atoms. The highest BCUT2D eigenvalue weighted by molar-refractivity contribution is 5.92. The number of carboxylic acid groups (broad SMARTS) is 1. The van der Waals surface area contributed by atoms with Crippen molar-refractivity contribution in [1.82, 2.24) is 14.7 Å². The van der Waals surface area contributed by atoms with Crippen LogP contribution in [0.2, 0.25) is 0 Å². The summed E-state index contributed by atoms with van der Waals surface area (Å²) in [6.45, 7) is 4.45. The number of likely N-dealkylation sites (tertiary alicyclic amines) is 1. The minimum Gasteiger partial charge on any atom is -0.480 e. The van der Waals surface area contributed by atoms with Crippen molar-refractivity contribution in [3.05, 3.63) is 12.4 Å². The second kappa shape index (κ2) is 5.94. The zero-order valence-electron chi connectivity index (χ0n) is 11.7. The van der Waals surface area contributed by atoms with Gasteiger partial charge in [0.1, 0.15) is 6.04 Å². The highest BCUT2D eigenvalue weighted by Crippen LogP contribution is 2.19. The molecule has 1 saturated heterocycles. The lowest BCUT2D eigenvalue weighted by molar-refractivity contribution is -0.143. The number of carboxylic acids is 1. The average molecular weight is 280 g/mol. The normalized spacial score (nSPS) is 19.1. The zero-order chi connectivity index (χ0) is 14.7. The Bertz CT molecular complexity index is 498. The van der Waals surface area contributed by atoms with Crippen molar-refractivity contribution in [2.24, 2.45) is 0 Å². The summed E-state index contributed by atoms with van der Waals surface area (Å²) in [4.78, 5) is 24.7. The van der Waals surface area contributed by atoms with Crippen molar-refractivity contribution in [3.8, 4) is 0 Å². The number of amides is 2. The molecule has 7 heteroatoms. The molecule has 1 unspecified atom stereocenters. The van der Waals surface area contributed by atoms with E-state index in [0.717, 1.165) is 12.8 Å². The van der Waals surface area contributed by atoms with Gasteiger partial charge in [-0.2, -0.15) is 5.10 Å². The van der Waals surface area contributed by atoms with Gasteiger partial charge in [0.05, 0.1) is 11.9 Å². The summed E-state index contributed by atoms with van der Waals surface area (Å²) in [5, 5.41) is 16.0. The van der Waals surface area contributed by atoms with E-state index in [1.807, 2.05) is 13.8 Å². The molecule has 2 N–H and O–H groups in total. The molecule has 2 rings (SSSR count). The van der Waals surface area contributed by atoms with E-state index in [1.54, 1.807) is 17.1 Å². The number of aromatic nitrogens is 2. The number of urea groups is 1. The first-order valence-corrected chi connectivity index (χ1v) is 6.83. The van der Waals surface area contributed by atoms with Gasteiger partial charge in [0, 0.05) is 18.8 Å². The Morgan fingerprint density at radius 3 is 2.80 bits per heavy atom. The Labute approximate surface area is 117 Å². The Morgan fingerprint density at radius 2 is 2.20 bits per heavy atom. The van der Waals surface area contributed by atoms with Gasteiger partial charge >= 0.3 is 12.0 Å². The van der Waals surface area contributed by atoms with Gasteiger partial charge in [-0.1, -0.05) is 0 Å². The van der Waals surface area contributed by atoms with Crippen molar-refractivity contribution < 1.29 is 14.7 Å². The minimum absolute atomic E-state index is 0.211. The minimum atomic E-state index is -0.947. The van der Waals surface area contributed by atoms with Gasteiger partial charge in [-0.25, -0.2) is 9.59 Å². The molecule has 2 amide bonds. The first kappa shape index (κ1) is 14.4. The monoisotopic (exact) mass is 280 g/mol. The Morgan fingerprint density at radius 1 is 1.45 bits per heavy atom. The van der Waals surface area contributed by atoms with Gasteiger partial charge in [-0.3, -0.25) is 4.68 Å². The number of hydrogen-bond acceptors (Lipinski definition) is 3. The number of aliphatic carboxylic acids is 1. The van der Waals surface area contributed by atoms with Gasteiger partial charge in [-0.15, -0.1) is 0 Å². The van der Waals surface area contributed by atoms with Crippen LogP contribution >= 0.6 is 0 Å². The molecule has 1 atom stereocenters. The fraction of sp³-hybridized carbons (Fsp3) is 0.615. The van der Waals surface area contributed by atoms with Crippen LogP contribution < -0.4 is 5.32 Å². The summed E-state index contributed by atoms with van der Waals surface area (Å²) < 4.78 is 1.74.